The van der Waals surface area contributed by atoms with Crippen molar-refractivity contribution in [3.8, 4) is 6.26 Å². The molecular weight excluding hydrogens is 228 g/mol. The minimum Gasteiger partial charge on any atom is -0.424 e. The van der Waals surface area contributed by atoms with Crippen LogP contribution in [0, 0.1) is 23.4 Å². The quantitative estimate of drug-likeness (QED) is 0.438. The van der Waals surface area contributed by atoms with E-state index >= 15 is 0 Å². The number of aliphatic imine (C=N–C) groups is 1. The number of carbonyl (C=O) groups excluding carboxylic acids is 1. The van der Waals surface area contributed by atoms with Gasteiger partial charge in [0.2, 0.25) is 6.08 Å². The molecule has 0 unspecified atom stereocenters. The van der Waals surface area contributed by atoms with Gasteiger partial charge in [-0.1, -0.05) is 0 Å². The van der Waals surface area contributed by atoms with Gasteiger partial charge in [0.15, 0.2) is 0 Å². The molecule has 0 radical (unpaired) electrons. The highest BCUT2D eigenvalue weighted by atomic mass is 16.5. The highest BCUT2D eigenvalue weighted by molar-refractivity contribution is 5.33. The number of nitriles is 1. The normalized spacial score (nSPS) is 36.2. The van der Waals surface area contributed by atoms with Crippen molar-refractivity contribution in [1.29, 1.82) is 5.26 Å². The van der Waals surface area contributed by atoms with E-state index in [-0.39, 0.29) is 12.1 Å². The molecule has 2 fully saturated rings. The second-order valence-electron chi connectivity index (χ2n) is 5.53. The molecule has 2 aliphatic rings. The number of isocyanates is 1. The largest absolute Gasteiger partial charge is 0.424 e. The van der Waals surface area contributed by atoms with E-state index in [0.29, 0.717) is 0 Å². The second-order valence-corrected chi connectivity index (χ2v) is 5.53. The van der Waals surface area contributed by atoms with Crippen LogP contribution in [-0.2, 0) is 9.53 Å². The topological polar surface area (TPSA) is 62.4 Å². The molecule has 4 heteroatoms. The molecule has 0 aliphatic heterocycles. The third-order valence-electron chi connectivity index (χ3n) is 4.58. The molecule has 2 aliphatic carbocycles. The molecule has 0 bridgehead atoms. The first-order chi connectivity index (χ1) is 8.83. The first-order valence-corrected chi connectivity index (χ1v) is 6.95. The summed E-state index contributed by atoms with van der Waals surface area (Å²) in [4.78, 5) is 14.1. The third-order valence-corrected chi connectivity index (χ3v) is 4.58. The van der Waals surface area contributed by atoms with Gasteiger partial charge in [0, 0.05) is 0 Å². The van der Waals surface area contributed by atoms with Gasteiger partial charge in [-0.15, -0.1) is 0 Å². The summed E-state index contributed by atoms with van der Waals surface area (Å²) >= 11 is 0. The summed E-state index contributed by atoms with van der Waals surface area (Å²) in [6.07, 6.45) is 12.5. The third kappa shape index (κ3) is 3.34. The maximum atomic E-state index is 10.2. The van der Waals surface area contributed by atoms with Gasteiger partial charge in [-0.2, -0.15) is 5.26 Å². The smallest absolute Gasteiger partial charge is 0.286 e. The standard InChI is InChI=1S/C14H20N2O2/c15-9-18-14-7-3-12(4-8-14)11-1-5-13(6-2-11)16-10-17/h11-14H,1-8H2. The average Bonchev–Trinajstić information content (AvgIpc) is 2.41. The molecule has 2 rings (SSSR count). The van der Waals surface area contributed by atoms with E-state index in [2.05, 4.69) is 4.99 Å². The zero-order valence-electron chi connectivity index (χ0n) is 10.7. The van der Waals surface area contributed by atoms with E-state index in [1.54, 1.807) is 12.3 Å². The van der Waals surface area contributed by atoms with Gasteiger partial charge in [0.25, 0.3) is 6.26 Å². The molecule has 18 heavy (non-hydrogen) atoms. The Bertz CT molecular complexity index is 341. The molecule has 98 valence electrons. The van der Waals surface area contributed by atoms with E-state index in [1.807, 2.05) is 0 Å². The molecule has 0 spiro atoms. The lowest BCUT2D eigenvalue weighted by molar-refractivity contribution is 0.0757. The molecule has 2 saturated carbocycles. The van der Waals surface area contributed by atoms with Crippen molar-refractivity contribution in [2.45, 2.75) is 63.5 Å². The van der Waals surface area contributed by atoms with Crippen LogP contribution in [-0.4, -0.2) is 18.2 Å². The fourth-order valence-electron chi connectivity index (χ4n) is 3.53. The number of rotatable bonds is 3. The van der Waals surface area contributed by atoms with Gasteiger partial charge in [-0.05, 0) is 63.2 Å². The zero-order valence-corrected chi connectivity index (χ0v) is 10.7. The SMILES string of the molecule is N#COC1CCC(C2CCC(N=C=O)CC2)CC1. The Morgan fingerprint density at radius 3 is 2.00 bits per heavy atom. The summed E-state index contributed by atoms with van der Waals surface area (Å²) in [5.41, 5.74) is 0. The van der Waals surface area contributed by atoms with Crippen LogP contribution in [0.3, 0.4) is 0 Å². The Balaban J connectivity index is 1.75. The van der Waals surface area contributed by atoms with Crippen LogP contribution in [0.2, 0.25) is 0 Å². The summed E-state index contributed by atoms with van der Waals surface area (Å²) in [5, 5.41) is 8.50. The van der Waals surface area contributed by atoms with Crippen LogP contribution in [0.25, 0.3) is 0 Å². The summed E-state index contributed by atoms with van der Waals surface area (Å²) in [7, 11) is 0. The first-order valence-electron chi connectivity index (χ1n) is 6.95. The number of hydrogen-bond donors (Lipinski definition) is 0. The minimum atomic E-state index is 0.155. The van der Waals surface area contributed by atoms with Crippen LogP contribution in [0.4, 0.5) is 0 Å². The van der Waals surface area contributed by atoms with Gasteiger partial charge in [-0.25, -0.2) is 9.79 Å². The lowest BCUT2D eigenvalue weighted by Gasteiger charge is -2.36. The maximum Gasteiger partial charge on any atom is 0.286 e. The molecule has 0 aromatic carbocycles. The average molecular weight is 248 g/mol. The molecule has 0 saturated heterocycles. The van der Waals surface area contributed by atoms with E-state index in [4.69, 9.17) is 10.00 Å². The summed E-state index contributed by atoms with van der Waals surface area (Å²) in [6, 6.07) is 0.219. The summed E-state index contributed by atoms with van der Waals surface area (Å²) in [5.74, 6) is 1.57. The van der Waals surface area contributed by atoms with Crippen molar-refractivity contribution < 1.29 is 9.53 Å². The van der Waals surface area contributed by atoms with E-state index in [1.165, 1.54) is 25.7 Å². The molecule has 4 nitrogen and oxygen atoms in total. The fourth-order valence-corrected chi connectivity index (χ4v) is 3.53. The van der Waals surface area contributed by atoms with Crippen LogP contribution >= 0.6 is 0 Å². The van der Waals surface area contributed by atoms with Crippen molar-refractivity contribution in [1.82, 2.24) is 0 Å². The predicted molar refractivity (Wildman–Crippen MR) is 66.3 cm³/mol. The molecule has 0 aromatic rings. The van der Waals surface area contributed by atoms with Crippen LogP contribution < -0.4 is 0 Å². The zero-order chi connectivity index (χ0) is 12.8. The lowest BCUT2D eigenvalue weighted by Crippen LogP contribution is -2.28. The summed E-state index contributed by atoms with van der Waals surface area (Å²) < 4.78 is 5.02. The Morgan fingerprint density at radius 2 is 1.50 bits per heavy atom. The van der Waals surface area contributed by atoms with E-state index in [9.17, 15) is 4.79 Å². The Hall–Kier alpha value is -1.33. The number of nitrogens with zero attached hydrogens (tertiary/aromatic N) is 2. The van der Waals surface area contributed by atoms with Crippen LogP contribution in [0.1, 0.15) is 51.4 Å². The van der Waals surface area contributed by atoms with Crippen molar-refractivity contribution in [3.05, 3.63) is 0 Å². The molecule has 0 atom stereocenters. The van der Waals surface area contributed by atoms with Gasteiger partial charge < -0.3 is 4.74 Å². The molecular formula is C14H20N2O2. The Kier molecular flexibility index (Phi) is 4.78. The fraction of sp³-hybridized carbons (Fsp3) is 0.857. The lowest BCUT2D eigenvalue weighted by atomic mass is 9.72. The molecule has 0 N–H and O–H groups in total. The maximum absolute atomic E-state index is 10.2. The number of ether oxygens (including phenoxy) is 1. The van der Waals surface area contributed by atoms with Crippen molar-refractivity contribution >= 4 is 6.08 Å². The molecule has 0 heterocycles. The van der Waals surface area contributed by atoms with Crippen LogP contribution in [0.15, 0.2) is 4.99 Å². The van der Waals surface area contributed by atoms with Gasteiger partial charge in [-0.3, -0.25) is 0 Å². The second kappa shape index (κ2) is 6.56. The molecule has 0 amide bonds. The predicted octanol–water partition coefficient (Wildman–Crippen LogP) is 2.94. The van der Waals surface area contributed by atoms with Crippen molar-refractivity contribution in [2.75, 3.05) is 0 Å². The van der Waals surface area contributed by atoms with Crippen molar-refractivity contribution in [3.63, 3.8) is 0 Å². The van der Waals surface area contributed by atoms with Gasteiger partial charge >= 0.3 is 0 Å². The van der Waals surface area contributed by atoms with Crippen LogP contribution in [0.5, 0.6) is 0 Å². The highest BCUT2D eigenvalue weighted by Gasteiger charge is 2.31. The van der Waals surface area contributed by atoms with Gasteiger partial charge in [0.1, 0.15) is 6.10 Å². The highest BCUT2D eigenvalue weighted by Crippen LogP contribution is 2.39. The summed E-state index contributed by atoms with van der Waals surface area (Å²) in [6.45, 7) is 0. The Morgan fingerprint density at radius 1 is 0.944 bits per heavy atom. The van der Waals surface area contributed by atoms with E-state index in [0.717, 1.165) is 37.5 Å². The Labute approximate surface area is 108 Å². The first kappa shape index (κ1) is 13.1. The monoisotopic (exact) mass is 248 g/mol. The van der Waals surface area contributed by atoms with Gasteiger partial charge in [0.05, 0.1) is 6.04 Å². The van der Waals surface area contributed by atoms with Crippen molar-refractivity contribution in [2.24, 2.45) is 16.8 Å². The minimum absolute atomic E-state index is 0.155. The molecule has 0 aromatic heterocycles. The van der Waals surface area contributed by atoms with E-state index < -0.39 is 0 Å². The number of hydrogen-bond acceptors (Lipinski definition) is 4.